The first-order valence-corrected chi connectivity index (χ1v) is 6.29. The van der Waals surface area contributed by atoms with E-state index in [9.17, 15) is 0 Å². The summed E-state index contributed by atoms with van der Waals surface area (Å²) in [5.74, 6) is 2.67. The number of aryl methyl sites for hydroxylation is 1. The van der Waals surface area contributed by atoms with Crippen LogP contribution in [0.15, 0.2) is 24.3 Å². The van der Waals surface area contributed by atoms with Crippen molar-refractivity contribution in [3.63, 3.8) is 0 Å². The van der Waals surface area contributed by atoms with Gasteiger partial charge in [0.1, 0.15) is 23.1 Å². The molecule has 18 heavy (non-hydrogen) atoms. The van der Waals surface area contributed by atoms with Crippen LogP contribution in [0.2, 0.25) is 0 Å². The van der Waals surface area contributed by atoms with Crippen LogP contribution in [0.1, 0.15) is 18.7 Å². The number of benzene rings is 1. The number of rotatable bonds is 2. The highest BCUT2D eigenvalue weighted by Gasteiger charge is 2.20. The lowest BCUT2D eigenvalue weighted by Crippen LogP contribution is -2.12. The van der Waals surface area contributed by atoms with E-state index < -0.39 is 0 Å². The molecule has 0 saturated carbocycles. The summed E-state index contributed by atoms with van der Waals surface area (Å²) >= 11 is 0. The average Bonchev–Trinajstić information content (AvgIpc) is 2.76. The van der Waals surface area contributed by atoms with Gasteiger partial charge >= 0.3 is 0 Å². The summed E-state index contributed by atoms with van der Waals surface area (Å²) in [7, 11) is 1.67. The number of ether oxygens (including phenoxy) is 1. The quantitative estimate of drug-likeness (QED) is 0.881. The predicted octanol–water partition coefficient (Wildman–Crippen LogP) is 2.48. The van der Waals surface area contributed by atoms with Crippen LogP contribution >= 0.6 is 0 Å². The van der Waals surface area contributed by atoms with Crippen molar-refractivity contribution in [1.82, 2.24) is 9.55 Å². The van der Waals surface area contributed by atoms with Crippen LogP contribution in [0.5, 0.6) is 5.75 Å². The minimum absolute atomic E-state index is 0.759. The molecule has 0 bridgehead atoms. The van der Waals surface area contributed by atoms with Gasteiger partial charge in [-0.25, -0.2) is 4.98 Å². The Kier molecular flexibility index (Phi) is 2.70. The molecule has 4 heteroatoms. The largest absolute Gasteiger partial charge is 0.496 e. The van der Waals surface area contributed by atoms with Crippen LogP contribution in [-0.2, 0) is 13.0 Å². The van der Waals surface area contributed by atoms with Crippen molar-refractivity contribution in [2.45, 2.75) is 25.8 Å². The number of hydrogen-bond donors (Lipinski definition) is 1. The van der Waals surface area contributed by atoms with E-state index in [-0.39, 0.29) is 0 Å². The second kappa shape index (κ2) is 4.37. The van der Waals surface area contributed by atoms with E-state index in [1.807, 2.05) is 24.3 Å². The zero-order valence-electron chi connectivity index (χ0n) is 10.5. The standard InChI is InChI=1S/C14H17N3O/c1-18-11-7-3-2-6-10(11)13-14(15)17-9-5-4-8-12(17)16-13/h2-3,6-7H,4-5,8-9,15H2,1H3. The van der Waals surface area contributed by atoms with Gasteiger partial charge in [0.2, 0.25) is 0 Å². The summed E-state index contributed by atoms with van der Waals surface area (Å²) in [5.41, 5.74) is 8.05. The molecular formula is C14H17N3O. The Labute approximate surface area is 106 Å². The molecule has 0 saturated heterocycles. The number of imidazole rings is 1. The van der Waals surface area contributed by atoms with Crippen LogP contribution in [0.4, 0.5) is 5.82 Å². The van der Waals surface area contributed by atoms with Crippen molar-refractivity contribution in [1.29, 1.82) is 0 Å². The summed E-state index contributed by atoms with van der Waals surface area (Å²) in [6.07, 6.45) is 3.39. The van der Waals surface area contributed by atoms with E-state index in [1.165, 1.54) is 12.8 Å². The minimum atomic E-state index is 0.759. The Morgan fingerprint density at radius 1 is 1.28 bits per heavy atom. The molecule has 2 aromatic rings. The number of fused-ring (bicyclic) bond motifs is 1. The topological polar surface area (TPSA) is 53.1 Å². The predicted molar refractivity (Wildman–Crippen MR) is 71.6 cm³/mol. The lowest BCUT2D eigenvalue weighted by atomic mass is 10.1. The molecule has 2 N–H and O–H groups in total. The van der Waals surface area contributed by atoms with Crippen LogP contribution in [-0.4, -0.2) is 16.7 Å². The van der Waals surface area contributed by atoms with Crippen molar-refractivity contribution in [2.24, 2.45) is 0 Å². The number of nitrogens with two attached hydrogens (primary N) is 1. The monoisotopic (exact) mass is 243 g/mol. The lowest BCUT2D eigenvalue weighted by Gasteiger charge is -2.14. The van der Waals surface area contributed by atoms with Crippen molar-refractivity contribution >= 4 is 5.82 Å². The third-order valence-electron chi connectivity index (χ3n) is 3.48. The Morgan fingerprint density at radius 2 is 2.11 bits per heavy atom. The van der Waals surface area contributed by atoms with Gasteiger partial charge in [-0.1, -0.05) is 12.1 Å². The van der Waals surface area contributed by atoms with Gasteiger partial charge in [-0.15, -0.1) is 0 Å². The molecule has 0 unspecified atom stereocenters. The van der Waals surface area contributed by atoms with Crippen LogP contribution in [0.3, 0.4) is 0 Å². The maximum Gasteiger partial charge on any atom is 0.131 e. The molecule has 0 fully saturated rings. The van der Waals surface area contributed by atoms with Gasteiger partial charge in [-0.3, -0.25) is 0 Å². The van der Waals surface area contributed by atoms with Crippen molar-refractivity contribution in [3.05, 3.63) is 30.1 Å². The summed E-state index contributed by atoms with van der Waals surface area (Å²) in [5, 5.41) is 0. The molecule has 0 amide bonds. The van der Waals surface area contributed by atoms with Crippen molar-refractivity contribution < 1.29 is 4.74 Å². The number of methoxy groups -OCH3 is 1. The zero-order chi connectivity index (χ0) is 12.5. The molecular weight excluding hydrogens is 226 g/mol. The number of nitrogens with zero attached hydrogens (tertiary/aromatic N) is 2. The van der Waals surface area contributed by atoms with E-state index in [2.05, 4.69) is 9.55 Å². The Bertz CT molecular complexity index is 574. The van der Waals surface area contributed by atoms with Gasteiger partial charge in [0.15, 0.2) is 0 Å². The van der Waals surface area contributed by atoms with Crippen LogP contribution in [0, 0.1) is 0 Å². The van der Waals surface area contributed by atoms with Gasteiger partial charge in [0.05, 0.1) is 7.11 Å². The molecule has 2 heterocycles. The fraction of sp³-hybridized carbons (Fsp3) is 0.357. The highest BCUT2D eigenvalue weighted by atomic mass is 16.5. The lowest BCUT2D eigenvalue weighted by molar-refractivity contribution is 0.416. The van der Waals surface area contributed by atoms with Crippen LogP contribution < -0.4 is 10.5 Å². The molecule has 0 atom stereocenters. The normalized spacial score (nSPS) is 14.3. The highest BCUT2D eigenvalue weighted by Crippen LogP contribution is 2.34. The fourth-order valence-electron chi connectivity index (χ4n) is 2.55. The summed E-state index contributed by atoms with van der Waals surface area (Å²) in [4.78, 5) is 4.69. The summed E-state index contributed by atoms with van der Waals surface area (Å²) in [6, 6.07) is 7.88. The SMILES string of the molecule is COc1ccccc1-c1nc2n(c1N)CCCC2. The molecule has 4 nitrogen and oxygen atoms in total. The molecule has 94 valence electrons. The highest BCUT2D eigenvalue weighted by molar-refractivity contribution is 5.76. The molecule has 1 aromatic heterocycles. The number of nitrogen functional groups attached to an aromatic ring is 1. The first-order chi connectivity index (χ1) is 8.81. The van der Waals surface area contributed by atoms with E-state index in [1.54, 1.807) is 7.11 Å². The molecule has 0 aliphatic carbocycles. The fourth-order valence-corrected chi connectivity index (χ4v) is 2.55. The molecule has 0 radical (unpaired) electrons. The molecule has 1 aromatic carbocycles. The maximum atomic E-state index is 6.22. The third-order valence-corrected chi connectivity index (χ3v) is 3.48. The average molecular weight is 243 g/mol. The molecule has 0 spiro atoms. The van der Waals surface area contributed by atoms with E-state index >= 15 is 0 Å². The number of hydrogen-bond acceptors (Lipinski definition) is 3. The van der Waals surface area contributed by atoms with Gasteiger partial charge in [-0.05, 0) is 25.0 Å². The van der Waals surface area contributed by atoms with Crippen LogP contribution in [0.25, 0.3) is 11.3 Å². The van der Waals surface area contributed by atoms with Gasteiger partial charge in [0, 0.05) is 18.5 Å². The Balaban J connectivity index is 2.14. The Morgan fingerprint density at radius 3 is 2.89 bits per heavy atom. The van der Waals surface area contributed by atoms with E-state index in [4.69, 9.17) is 10.5 Å². The molecule has 1 aliphatic heterocycles. The Hall–Kier alpha value is -1.97. The third kappa shape index (κ3) is 1.65. The first kappa shape index (κ1) is 11.1. The minimum Gasteiger partial charge on any atom is -0.496 e. The number of para-hydroxylation sites is 1. The second-order valence-electron chi connectivity index (χ2n) is 4.57. The second-order valence-corrected chi connectivity index (χ2v) is 4.57. The summed E-state index contributed by atoms with van der Waals surface area (Å²) in [6.45, 7) is 0.976. The van der Waals surface area contributed by atoms with Gasteiger partial charge < -0.3 is 15.0 Å². The molecule has 3 rings (SSSR count). The first-order valence-electron chi connectivity index (χ1n) is 6.29. The number of anilines is 1. The van der Waals surface area contributed by atoms with Crippen molar-refractivity contribution in [2.75, 3.05) is 12.8 Å². The van der Waals surface area contributed by atoms with E-state index in [0.717, 1.165) is 41.6 Å². The van der Waals surface area contributed by atoms with E-state index in [0.29, 0.717) is 0 Å². The van der Waals surface area contributed by atoms with Crippen molar-refractivity contribution in [3.8, 4) is 17.0 Å². The maximum absolute atomic E-state index is 6.22. The molecule has 1 aliphatic rings. The number of aromatic nitrogens is 2. The van der Waals surface area contributed by atoms with Gasteiger partial charge in [-0.2, -0.15) is 0 Å². The smallest absolute Gasteiger partial charge is 0.131 e. The zero-order valence-corrected chi connectivity index (χ0v) is 10.5. The van der Waals surface area contributed by atoms with Gasteiger partial charge in [0.25, 0.3) is 0 Å². The summed E-state index contributed by atoms with van der Waals surface area (Å²) < 4.78 is 7.51.